The van der Waals surface area contributed by atoms with E-state index >= 15 is 0 Å². The van der Waals surface area contributed by atoms with Gasteiger partial charge in [0.2, 0.25) is 0 Å². The van der Waals surface area contributed by atoms with Gasteiger partial charge in [0.05, 0.1) is 6.10 Å². The highest BCUT2D eigenvalue weighted by atomic mass is 16.5. The van der Waals surface area contributed by atoms with Gasteiger partial charge < -0.3 is 10.5 Å². The Hall–Kier alpha value is -1.42. The molecule has 0 bridgehead atoms. The Labute approximate surface area is 126 Å². The van der Waals surface area contributed by atoms with Gasteiger partial charge in [0, 0.05) is 32.3 Å². The summed E-state index contributed by atoms with van der Waals surface area (Å²) in [5.41, 5.74) is 7.75. The normalized spacial score (nSPS) is 22.1. The molecule has 0 amide bonds. The third kappa shape index (κ3) is 3.43. The zero-order chi connectivity index (χ0) is 14.7. The van der Waals surface area contributed by atoms with Crippen molar-refractivity contribution >= 4 is 10.8 Å². The number of fused-ring (bicyclic) bond motifs is 1. The average molecular weight is 284 g/mol. The molecule has 2 N–H and O–H groups in total. The molecular weight excluding hydrogens is 260 g/mol. The van der Waals surface area contributed by atoms with Gasteiger partial charge >= 0.3 is 0 Å². The molecule has 112 valence electrons. The van der Waals surface area contributed by atoms with Crippen LogP contribution in [0.2, 0.25) is 0 Å². The lowest BCUT2D eigenvalue weighted by Gasteiger charge is -2.26. The molecule has 3 nitrogen and oxygen atoms in total. The van der Waals surface area contributed by atoms with Crippen LogP contribution in [0, 0.1) is 0 Å². The van der Waals surface area contributed by atoms with Crippen LogP contribution < -0.4 is 5.73 Å². The minimum atomic E-state index is 0.0430. The summed E-state index contributed by atoms with van der Waals surface area (Å²) in [5.74, 6) is 0. The van der Waals surface area contributed by atoms with Crippen molar-refractivity contribution < 1.29 is 4.74 Å². The maximum atomic E-state index is 6.51. The Morgan fingerprint density at radius 2 is 2.05 bits per heavy atom. The highest BCUT2D eigenvalue weighted by Crippen LogP contribution is 2.24. The molecule has 1 fully saturated rings. The predicted molar refractivity (Wildman–Crippen MR) is 87.3 cm³/mol. The monoisotopic (exact) mass is 284 g/mol. The average Bonchev–Trinajstić information content (AvgIpc) is 2.70. The number of hydrogen-bond acceptors (Lipinski definition) is 3. The highest BCUT2D eigenvalue weighted by Gasteiger charge is 2.18. The van der Waals surface area contributed by atoms with Gasteiger partial charge in [-0.2, -0.15) is 0 Å². The molecular formula is C18H24N2O. The second kappa shape index (κ2) is 6.56. The number of rotatable bonds is 3. The van der Waals surface area contributed by atoms with Crippen molar-refractivity contribution in [3.63, 3.8) is 0 Å². The molecule has 1 saturated heterocycles. The fourth-order valence-electron chi connectivity index (χ4n) is 3.20. The summed E-state index contributed by atoms with van der Waals surface area (Å²) in [6.45, 7) is 5.94. The number of benzene rings is 2. The molecule has 0 radical (unpaired) electrons. The standard InChI is InChI=1S/C18H24N2O/c1-14-12-20(10-5-11-21-14)13-18(19)17-9-4-7-15-6-2-3-8-16(15)17/h2-4,6-9,14,18H,5,10-13,19H2,1H3. The van der Waals surface area contributed by atoms with E-state index in [9.17, 15) is 0 Å². The quantitative estimate of drug-likeness (QED) is 0.942. The molecule has 0 aliphatic carbocycles. The number of nitrogens with two attached hydrogens (primary N) is 1. The summed E-state index contributed by atoms with van der Waals surface area (Å²) in [7, 11) is 0. The third-order valence-electron chi connectivity index (χ3n) is 4.21. The maximum Gasteiger partial charge on any atom is 0.0673 e. The zero-order valence-electron chi connectivity index (χ0n) is 12.7. The summed E-state index contributed by atoms with van der Waals surface area (Å²) in [6.07, 6.45) is 1.39. The molecule has 0 spiro atoms. The van der Waals surface area contributed by atoms with Crippen molar-refractivity contribution in [3.05, 3.63) is 48.0 Å². The first-order valence-corrected chi connectivity index (χ1v) is 7.81. The van der Waals surface area contributed by atoms with Crippen LogP contribution in [-0.2, 0) is 4.74 Å². The Balaban J connectivity index is 1.78. The fourth-order valence-corrected chi connectivity index (χ4v) is 3.20. The highest BCUT2D eigenvalue weighted by molar-refractivity contribution is 5.86. The second-order valence-corrected chi connectivity index (χ2v) is 5.97. The van der Waals surface area contributed by atoms with E-state index in [0.717, 1.165) is 32.7 Å². The van der Waals surface area contributed by atoms with E-state index in [4.69, 9.17) is 10.5 Å². The molecule has 0 saturated carbocycles. The number of ether oxygens (including phenoxy) is 1. The number of nitrogens with zero attached hydrogens (tertiary/aromatic N) is 1. The lowest BCUT2D eigenvalue weighted by molar-refractivity contribution is 0.0670. The van der Waals surface area contributed by atoms with E-state index in [1.54, 1.807) is 0 Å². The Bertz CT molecular complexity index is 593. The topological polar surface area (TPSA) is 38.5 Å². The van der Waals surface area contributed by atoms with Crippen LogP contribution in [-0.4, -0.2) is 37.2 Å². The number of hydrogen-bond donors (Lipinski definition) is 1. The van der Waals surface area contributed by atoms with Gasteiger partial charge in [-0.25, -0.2) is 0 Å². The third-order valence-corrected chi connectivity index (χ3v) is 4.21. The van der Waals surface area contributed by atoms with Crippen LogP contribution in [0.3, 0.4) is 0 Å². The molecule has 2 unspecified atom stereocenters. The molecule has 21 heavy (non-hydrogen) atoms. The van der Waals surface area contributed by atoms with Crippen LogP contribution in [0.25, 0.3) is 10.8 Å². The van der Waals surface area contributed by atoms with Crippen LogP contribution in [0.4, 0.5) is 0 Å². The van der Waals surface area contributed by atoms with Crippen LogP contribution in [0.15, 0.2) is 42.5 Å². The Morgan fingerprint density at radius 1 is 1.24 bits per heavy atom. The molecule has 1 heterocycles. The summed E-state index contributed by atoms with van der Waals surface area (Å²) in [5, 5.41) is 2.53. The van der Waals surface area contributed by atoms with Crippen molar-refractivity contribution in [1.82, 2.24) is 4.90 Å². The largest absolute Gasteiger partial charge is 0.377 e. The second-order valence-electron chi connectivity index (χ2n) is 5.97. The summed E-state index contributed by atoms with van der Waals surface area (Å²) >= 11 is 0. The molecule has 0 aromatic heterocycles. The molecule has 1 aliphatic heterocycles. The Kier molecular flexibility index (Phi) is 4.54. The molecule has 3 heteroatoms. The molecule has 3 rings (SSSR count). The van der Waals surface area contributed by atoms with Gasteiger partial charge in [-0.3, -0.25) is 4.90 Å². The minimum Gasteiger partial charge on any atom is -0.377 e. The van der Waals surface area contributed by atoms with Gasteiger partial charge in [0.25, 0.3) is 0 Å². The molecule has 1 aliphatic rings. The smallest absolute Gasteiger partial charge is 0.0673 e. The first-order valence-electron chi connectivity index (χ1n) is 7.81. The Morgan fingerprint density at radius 3 is 2.95 bits per heavy atom. The van der Waals surface area contributed by atoms with E-state index in [0.29, 0.717) is 6.10 Å². The van der Waals surface area contributed by atoms with Crippen molar-refractivity contribution in [2.75, 3.05) is 26.2 Å². The van der Waals surface area contributed by atoms with Gasteiger partial charge in [-0.05, 0) is 29.7 Å². The van der Waals surface area contributed by atoms with E-state index < -0.39 is 0 Å². The van der Waals surface area contributed by atoms with Crippen molar-refractivity contribution in [2.24, 2.45) is 5.73 Å². The lowest BCUT2D eigenvalue weighted by atomic mass is 9.99. The lowest BCUT2D eigenvalue weighted by Crippen LogP contribution is -2.36. The van der Waals surface area contributed by atoms with Crippen molar-refractivity contribution in [2.45, 2.75) is 25.5 Å². The van der Waals surface area contributed by atoms with Gasteiger partial charge in [0.1, 0.15) is 0 Å². The SMILES string of the molecule is CC1CN(CC(N)c2cccc3ccccc23)CCCO1. The molecule has 2 atom stereocenters. The van der Waals surface area contributed by atoms with E-state index in [2.05, 4.69) is 54.3 Å². The minimum absolute atomic E-state index is 0.0430. The maximum absolute atomic E-state index is 6.51. The van der Waals surface area contributed by atoms with Crippen molar-refractivity contribution in [3.8, 4) is 0 Å². The van der Waals surface area contributed by atoms with Gasteiger partial charge in [-0.15, -0.1) is 0 Å². The molecule has 2 aromatic rings. The first-order chi connectivity index (χ1) is 10.2. The fraction of sp³-hybridized carbons (Fsp3) is 0.444. The van der Waals surface area contributed by atoms with E-state index in [1.807, 2.05) is 0 Å². The summed E-state index contributed by atoms with van der Waals surface area (Å²) in [4.78, 5) is 2.43. The summed E-state index contributed by atoms with van der Waals surface area (Å²) in [6, 6.07) is 14.9. The van der Waals surface area contributed by atoms with Crippen LogP contribution in [0.5, 0.6) is 0 Å². The molecule has 2 aromatic carbocycles. The zero-order valence-corrected chi connectivity index (χ0v) is 12.7. The van der Waals surface area contributed by atoms with Gasteiger partial charge in [0.15, 0.2) is 0 Å². The predicted octanol–water partition coefficient (Wildman–Crippen LogP) is 2.95. The van der Waals surface area contributed by atoms with Crippen LogP contribution in [0.1, 0.15) is 24.9 Å². The van der Waals surface area contributed by atoms with Gasteiger partial charge in [-0.1, -0.05) is 42.5 Å². The summed E-state index contributed by atoms with van der Waals surface area (Å²) < 4.78 is 5.71. The first kappa shape index (κ1) is 14.5. The van der Waals surface area contributed by atoms with Crippen molar-refractivity contribution in [1.29, 1.82) is 0 Å². The van der Waals surface area contributed by atoms with E-state index in [-0.39, 0.29) is 6.04 Å². The van der Waals surface area contributed by atoms with E-state index in [1.165, 1.54) is 16.3 Å². The van der Waals surface area contributed by atoms with Crippen LogP contribution >= 0.6 is 0 Å².